The molecule has 0 spiro atoms. The summed E-state index contributed by atoms with van der Waals surface area (Å²) in [6.07, 6.45) is 2.36. The number of likely N-dealkylation sites (tertiary alicyclic amines) is 1. The van der Waals surface area contributed by atoms with Gasteiger partial charge in [0, 0.05) is 31.1 Å². The Labute approximate surface area is 121 Å². The van der Waals surface area contributed by atoms with E-state index < -0.39 is 11.9 Å². The van der Waals surface area contributed by atoms with Crippen LogP contribution in [0, 0.1) is 5.92 Å². The molecular weight excluding hydrogens is 276 g/mol. The van der Waals surface area contributed by atoms with Crippen LogP contribution in [-0.4, -0.2) is 46.5 Å². The van der Waals surface area contributed by atoms with Crippen molar-refractivity contribution >= 4 is 23.3 Å². The molecule has 6 heteroatoms. The molecule has 0 unspecified atom stereocenters. The molecule has 1 aromatic heterocycles. The summed E-state index contributed by atoms with van der Waals surface area (Å²) in [4.78, 5) is 28.5. The number of fused-ring (bicyclic) bond motifs is 1. The van der Waals surface area contributed by atoms with E-state index in [4.69, 9.17) is 5.11 Å². The van der Waals surface area contributed by atoms with Crippen molar-refractivity contribution in [1.29, 1.82) is 0 Å². The second kappa shape index (κ2) is 5.44. The monoisotopic (exact) mass is 294 g/mol. The number of nitrogens with zero attached hydrogens (tertiary/aromatic N) is 2. The normalized spacial score (nSPS) is 22.5. The van der Waals surface area contributed by atoms with E-state index in [1.54, 1.807) is 16.2 Å². The number of hydrogen-bond acceptors (Lipinski definition) is 3. The van der Waals surface area contributed by atoms with Gasteiger partial charge in [-0.05, 0) is 36.3 Å². The Bertz CT molecular complexity index is 528. The first-order chi connectivity index (χ1) is 9.65. The first kappa shape index (κ1) is 13.4. The van der Waals surface area contributed by atoms with Gasteiger partial charge in [-0.15, -0.1) is 11.3 Å². The average molecular weight is 294 g/mol. The Balaban J connectivity index is 1.66. The molecule has 5 nitrogen and oxygen atoms in total. The van der Waals surface area contributed by atoms with Gasteiger partial charge in [0.25, 0.3) is 0 Å². The van der Waals surface area contributed by atoms with Gasteiger partial charge in [0.15, 0.2) is 0 Å². The van der Waals surface area contributed by atoms with Crippen LogP contribution in [0.2, 0.25) is 0 Å². The zero-order valence-electron chi connectivity index (χ0n) is 11.2. The van der Waals surface area contributed by atoms with E-state index in [9.17, 15) is 9.59 Å². The van der Waals surface area contributed by atoms with Crippen molar-refractivity contribution in [1.82, 2.24) is 9.80 Å². The van der Waals surface area contributed by atoms with E-state index in [1.165, 1.54) is 10.4 Å². The summed E-state index contributed by atoms with van der Waals surface area (Å²) in [6, 6.07) is 2.07. The van der Waals surface area contributed by atoms with Crippen molar-refractivity contribution in [3.63, 3.8) is 0 Å². The quantitative estimate of drug-likeness (QED) is 0.862. The minimum absolute atomic E-state index is 0.00667. The van der Waals surface area contributed by atoms with Crippen molar-refractivity contribution < 1.29 is 14.7 Å². The van der Waals surface area contributed by atoms with E-state index in [0.29, 0.717) is 26.1 Å². The van der Waals surface area contributed by atoms with Gasteiger partial charge in [-0.2, -0.15) is 0 Å². The number of rotatable bonds is 1. The SMILES string of the molecule is O=C(O)[C@@H]1CCCN(C(=O)N2CCc3sccc3C2)C1. The highest BCUT2D eigenvalue weighted by molar-refractivity contribution is 7.10. The number of carboxylic acid groups (broad SMARTS) is 1. The molecule has 3 rings (SSSR count). The van der Waals surface area contributed by atoms with Gasteiger partial charge in [0.2, 0.25) is 0 Å². The van der Waals surface area contributed by atoms with E-state index in [2.05, 4.69) is 11.4 Å². The van der Waals surface area contributed by atoms with Gasteiger partial charge >= 0.3 is 12.0 Å². The zero-order chi connectivity index (χ0) is 14.1. The number of hydrogen-bond donors (Lipinski definition) is 1. The third-order valence-corrected chi connectivity index (χ3v) is 5.14. The minimum Gasteiger partial charge on any atom is -0.481 e. The Morgan fingerprint density at radius 1 is 1.30 bits per heavy atom. The van der Waals surface area contributed by atoms with Crippen molar-refractivity contribution in [2.45, 2.75) is 25.8 Å². The molecule has 0 aromatic carbocycles. The molecule has 2 aliphatic heterocycles. The topological polar surface area (TPSA) is 60.9 Å². The van der Waals surface area contributed by atoms with Crippen LogP contribution in [0.3, 0.4) is 0 Å². The van der Waals surface area contributed by atoms with Gasteiger partial charge < -0.3 is 14.9 Å². The maximum atomic E-state index is 12.5. The molecule has 1 fully saturated rings. The molecule has 1 atom stereocenters. The predicted molar refractivity (Wildman–Crippen MR) is 75.8 cm³/mol. The average Bonchev–Trinajstić information content (AvgIpc) is 2.94. The molecule has 108 valence electrons. The lowest BCUT2D eigenvalue weighted by atomic mass is 9.98. The largest absolute Gasteiger partial charge is 0.481 e. The highest BCUT2D eigenvalue weighted by Crippen LogP contribution is 2.26. The van der Waals surface area contributed by atoms with Gasteiger partial charge in [-0.1, -0.05) is 0 Å². The summed E-state index contributed by atoms with van der Waals surface area (Å²) in [5, 5.41) is 11.2. The van der Waals surface area contributed by atoms with Crippen molar-refractivity contribution in [3.05, 3.63) is 21.9 Å². The molecule has 0 saturated carbocycles. The summed E-state index contributed by atoms with van der Waals surface area (Å²) < 4.78 is 0. The molecule has 20 heavy (non-hydrogen) atoms. The molecule has 1 aromatic rings. The fourth-order valence-electron chi connectivity index (χ4n) is 2.96. The van der Waals surface area contributed by atoms with Gasteiger partial charge in [0.1, 0.15) is 0 Å². The predicted octanol–water partition coefficient (Wildman–Crippen LogP) is 2.02. The van der Waals surface area contributed by atoms with Gasteiger partial charge in [0.05, 0.1) is 5.92 Å². The van der Waals surface area contributed by atoms with Crippen LogP contribution >= 0.6 is 11.3 Å². The van der Waals surface area contributed by atoms with Gasteiger partial charge in [-0.25, -0.2) is 4.79 Å². The lowest BCUT2D eigenvalue weighted by Crippen LogP contribution is -2.49. The molecule has 0 bridgehead atoms. The zero-order valence-corrected chi connectivity index (χ0v) is 12.1. The number of piperidine rings is 1. The molecule has 1 saturated heterocycles. The van der Waals surface area contributed by atoms with E-state index >= 15 is 0 Å². The highest BCUT2D eigenvalue weighted by atomic mass is 32.1. The summed E-state index contributed by atoms with van der Waals surface area (Å²) >= 11 is 1.75. The summed E-state index contributed by atoms with van der Waals surface area (Å²) in [5.74, 6) is -1.20. The van der Waals surface area contributed by atoms with Crippen LogP contribution in [0.5, 0.6) is 0 Å². The molecule has 3 heterocycles. The van der Waals surface area contributed by atoms with Crippen LogP contribution in [0.25, 0.3) is 0 Å². The molecule has 2 aliphatic rings. The van der Waals surface area contributed by atoms with Crippen LogP contribution in [-0.2, 0) is 17.8 Å². The van der Waals surface area contributed by atoms with E-state index in [-0.39, 0.29) is 6.03 Å². The number of carboxylic acids is 1. The number of thiophene rings is 1. The van der Waals surface area contributed by atoms with Crippen LogP contribution in [0.15, 0.2) is 11.4 Å². The first-order valence-electron chi connectivity index (χ1n) is 6.97. The third kappa shape index (κ3) is 2.52. The minimum atomic E-state index is -0.790. The van der Waals surface area contributed by atoms with Crippen LogP contribution in [0.1, 0.15) is 23.3 Å². The molecular formula is C14H18N2O3S. The number of aliphatic carboxylic acids is 1. The Kier molecular flexibility index (Phi) is 3.65. The van der Waals surface area contributed by atoms with E-state index in [0.717, 1.165) is 19.4 Å². The number of urea groups is 1. The Morgan fingerprint density at radius 3 is 2.95 bits per heavy atom. The summed E-state index contributed by atoms with van der Waals surface area (Å²) in [6.45, 7) is 2.42. The smallest absolute Gasteiger partial charge is 0.320 e. The molecule has 1 N–H and O–H groups in total. The first-order valence-corrected chi connectivity index (χ1v) is 7.85. The number of carbonyl (C=O) groups is 2. The highest BCUT2D eigenvalue weighted by Gasteiger charge is 2.31. The Morgan fingerprint density at radius 2 is 2.15 bits per heavy atom. The maximum absolute atomic E-state index is 12.5. The lowest BCUT2D eigenvalue weighted by Gasteiger charge is -2.36. The lowest BCUT2D eigenvalue weighted by molar-refractivity contribution is -0.143. The third-order valence-electron chi connectivity index (χ3n) is 4.12. The second-order valence-corrected chi connectivity index (χ2v) is 6.45. The standard InChI is InChI=1S/C14H18N2O3S/c17-13(18)11-2-1-5-15(9-11)14(19)16-6-3-12-10(8-16)4-7-20-12/h4,7,11H,1-3,5-6,8-9H2,(H,17,18)/t11-/m1/s1. The summed E-state index contributed by atoms with van der Waals surface area (Å²) in [5.41, 5.74) is 1.24. The van der Waals surface area contributed by atoms with Crippen molar-refractivity contribution in [2.24, 2.45) is 5.92 Å². The molecule has 2 amide bonds. The van der Waals surface area contributed by atoms with Crippen LogP contribution in [0.4, 0.5) is 4.79 Å². The van der Waals surface area contributed by atoms with Crippen LogP contribution < -0.4 is 0 Å². The Hall–Kier alpha value is -1.56. The van der Waals surface area contributed by atoms with Gasteiger partial charge in [-0.3, -0.25) is 4.79 Å². The fourth-order valence-corrected chi connectivity index (χ4v) is 3.85. The number of amides is 2. The number of carbonyl (C=O) groups excluding carboxylic acids is 1. The van der Waals surface area contributed by atoms with E-state index in [1.807, 2.05) is 4.90 Å². The van der Waals surface area contributed by atoms with Crippen molar-refractivity contribution in [2.75, 3.05) is 19.6 Å². The molecule has 0 aliphatic carbocycles. The molecule has 0 radical (unpaired) electrons. The fraction of sp³-hybridized carbons (Fsp3) is 0.571. The van der Waals surface area contributed by atoms with Crippen molar-refractivity contribution in [3.8, 4) is 0 Å². The second-order valence-electron chi connectivity index (χ2n) is 5.45. The maximum Gasteiger partial charge on any atom is 0.320 e. The summed E-state index contributed by atoms with van der Waals surface area (Å²) in [7, 11) is 0.